The van der Waals surface area contributed by atoms with Crippen molar-refractivity contribution < 1.29 is 24.2 Å². The molecule has 3 aliphatic rings. The molecule has 0 aliphatic carbocycles. The van der Waals surface area contributed by atoms with E-state index in [0.717, 1.165) is 16.3 Å². The molecular weight excluding hydrogens is 634 g/mol. The first kappa shape index (κ1) is 31.2. The molecule has 3 heterocycles. The molecule has 3 unspecified atom stereocenters. The van der Waals surface area contributed by atoms with Crippen molar-refractivity contribution in [2.45, 2.75) is 48.5 Å². The quantitative estimate of drug-likeness (QED) is 0.236. The highest BCUT2D eigenvalue weighted by Gasteiger charge is 2.77. The van der Waals surface area contributed by atoms with Crippen LogP contribution in [-0.2, 0) is 25.7 Å². The van der Waals surface area contributed by atoms with E-state index in [1.165, 1.54) is 4.90 Å². The Kier molecular flexibility index (Phi) is 8.70. The van der Waals surface area contributed by atoms with Gasteiger partial charge in [-0.3, -0.25) is 14.4 Å². The van der Waals surface area contributed by atoms with E-state index in [1.54, 1.807) is 28.9 Å². The smallest absolute Gasteiger partial charge is 0.253 e. The Labute approximate surface area is 272 Å². The third-order valence-corrected chi connectivity index (χ3v) is 10.3. The van der Waals surface area contributed by atoms with Gasteiger partial charge in [-0.15, -0.1) is 13.2 Å². The molecule has 9 heteroatoms. The van der Waals surface area contributed by atoms with Gasteiger partial charge in [-0.1, -0.05) is 88.7 Å². The van der Waals surface area contributed by atoms with Gasteiger partial charge in [0.1, 0.15) is 11.6 Å². The van der Waals surface area contributed by atoms with Crippen LogP contribution in [0.3, 0.4) is 0 Å². The van der Waals surface area contributed by atoms with Crippen LogP contribution >= 0.6 is 15.9 Å². The lowest BCUT2D eigenvalue weighted by molar-refractivity contribution is -0.147. The largest absolute Gasteiger partial charge is 0.394 e. The highest BCUT2D eigenvalue weighted by molar-refractivity contribution is 9.09. The van der Waals surface area contributed by atoms with E-state index < -0.39 is 35.6 Å². The van der Waals surface area contributed by atoms with E-state index in [-0.39, 0.29) is 35.7 Å². The normalized spacial score (nSPS) is 27.3. The van der Waals surface area contributed by atoms with E-state index in [2.05, 4.69) is 29.1 Å². The van der Waals surface area contributed by atoms with Crippen LogP contribution in [0.15, 0.2) is 98.1 Å². The van der Waals surface area contributed by atoms with Gasteiger partial charge in [0.15, 0.2) is 0 Å². The number of rotatable bonds is 11. The van der Waals surface area contributed by atoms with Crippen LogP contribution in [0, 0.1) is 11.8 Å². The predicted molar refractivity (Wildman–Crippen MR) is 178 cm³/mol. The molecule has 0 aromatic heterocycles. The fraction of sp³-hybridized carbons (Fsp3) is 0.361. The first-order chi connectivity index (χ1) is 21.7. The molecule has 3 fully saturated rings. The van der Waals surface area contributed by atoms with E-state index in [1.807, 2.05) is 72.8 Å². The molecule has 1 N–H and O–H groups in total. The molecule has 0 radical (unpaired) electrons. The van der Waals surface area contributed by atoms with Gasteiger partial charge in [0.2, 0.25) is 11.8 Å². The van der Waals surface area contributed by atoms with Gasteiger partial charge in [0.05, 0.1) is 30.6 Å². The molecule has 0 saturated carbocycles. The standard InChI is InChI=1S/C36H38BrN3O5/c1-4-17-38(21-24-11-7-6-8-12-24)33(42)29-30-34(43)40(23(3)22-41)32(36(30)20-28(37)31(29)45-36)35(44)39(18-5-2)27-16-15-25-13-9-10-14-26(25)19-27/h4-16,19,23,28-32,41H,1-2,17-18,20-22H2,3H3/t23-,28?,29-,30+,31-,32?,36?/m1/s1. The number of benzene rings is 3. The molecule has 3 amide bonds. The van der Waals surface area contributed by atoms with Gasteiger partial charge in [-0.2, -0.15) is 0 Å². The van der Waals surface area contributed by atoms with Gasteiger partial charge in [-0.05, 0) is 41.8 Å². The Balaban J connectivity index is 1.41. The Hall–Kier alpha value is -3.79. The zero-order chi connectivity index (χ0) is 31.9. The molecule has 3 saturated heterocycles. The maximum absolute atomic E-state index is 14.8. The summed E-state index contributed by atoms with van der Waals surface area (Å²) in [6.45, 7) is 10.0. The molecule has 234 valence electrons. The van der Waals surface area contributed by atoms with Crippen molar-refractivity contribution in [2.75, 3.05) is 24.6 Å². The number of ether oxygens (including phenoxy) is 1. The van der Waals surface area contributed by atoms with Gasteiger partial charge >= 0.3 is 0 Å². The molecule has 1 spiro atoms. The summed E-state index contributed by atoms with van der Waals surface area (Å²) in [5.74, 6) is -2.57. The summed E-state index contributed by atoms with van der Waals surface area (Å²) in [4.78, 5) is 48.3. The number of anilines is 1. The Morgan fingerprint density at radius 2 is 1.73 bits per heavy atom. The van der Waals surface area contributed by atoms with Crippen molar-refractivity contribution >= 4 is 50.1 Å². The number of carbonyl (C=O) groups is 3. The number of halogens is 1. The monoisotopic (exact) mass is 671 g/mol. The Morgan fingerprint density at radius 3 is 2.42 bits per heavy atom. The number of nitrogens with zero attached hydrogens (tertiary/aromatic N) is 3. The molecule has 3 aromatic rings. The van der Waals surface area contributed by atoms with Crippen LogP contribution < -0.4 is 4.90 Å². The lowest BCUT2D eigenvalue weighted by Crippen LogP contribution is -2.59. The van der Waals surface area contributed by atoms with Crippen LogP contribution in [0.25, 0.3) is 10.8 Å². The molecule has 3 aliphatic heterocycles. The van der Waals surface area contributed by atoms with Crippen LogP contribution in [0.4, 0.5) is 5.69 Å². The highest BCUT2D eigenvalue weighted by atomic mass is 79.9. The van der Waals surface area contributed by atoms with Crippen LogP contribution in [0.1, 0.15) is 18.9 Å². The van der Waals surface area contributed by atoms with E-state index in [9.17, 15) is 19.5 Å². The third-order valence-electron chi connectivity index (χ3n) is 9.49. The number of alkyl halides is 1. The Bertz CT molecular complexity index is 1630. The maximum atomic E-state index is 14.8. The molecule has 6 rings (SSSR count). The van der Waals surface area contributed by atoms with Crippen LogP contribution in [0.2, 0.25) is 0 Å². The molecule has 3 aromatic carbocycles. The summed E-state index contributed by atoms with van der Waals surface area (Å²) < 4.78 is 6.73. The number of fused-ring (bicyclic) bond motifs is 2. The van der Waals surface area contributed by atoms with Gasteiger partial charge < -0.3 is 24.5 Å². The van der Waals surface area contributed by atoms with E-state index in [0.29, 0.717) is 25.2 Å². The SMILES string of the molecule is C=CCN(Cc1ccccc1)C(=O)[C@H]1[C@@H]2OC3(CC2Br)C(C(=O)N(CC=C)c2ccc4ccccc4c2)N([C@H](C)CO)C(=O)[C@H]13. The minimum Gasteiger partial charge on any atom is -0.394 e. The zero-order valence-electron chi connectivity index (χ0n) is 25.3. The first-order valence-corrected chi connectivity index (χ1v) is 16.3. The van der Waals surface area contributed by atoms with Crippen molar-refractivity contribution in [1.29, 1.82) is 0 Å². The first-order valence-electron chi connectivity index (χ1n) is 15.3. The number of carbonyl (C=O) groups excluding carboxylic acids is 3. The fourth-order valence-electron chi connectivity index (χ4n) is 7.54. The number of aliphatic hydroxyl groups is 1. The highest BCUT2D eigenvalue weighted by Crippen LogP contribution is 2.61. The summed E-state index contributed by atoms with van der Waals surface area (Å²) in [6, 6.07) is 21.7. The lowest BCUT2D eigenvalue weighted by atomic mass is 9.70. The minimum absolute atomic E-state index is 0.206. The van der Waals surface area contributed by atoms with Crippen molar-refractivity contribution in [3.05, 3.63) is 104 Å². The molecule has 7 atom stereocenters. The number of hydrogen-bond acceptors (Lipinski definition) is 5. The molecular formula is C36H38BrN3O5. The average Bonchev–Trinajstić information content (AvgIpc) is 3.65. The summed E-state index contributed by atoms with van der Waals surface area (Å²) in [5, 5.41) is 12.3. The summed E-state index contributed by atoms with van der Waals surface area (Å²) in [5.41, 5.74) is 0.372. The van der Waals surface area contributed by atoms with Gasteiger partial charge in [-0.25, -0.2) is 0 Å². The van der Waals surface area contributed by atoms with E-state index >= 15 is 0 Å². The second kappa shape index (κ2) is 12.5. The summed E-state index contributed by atoms with van der Waals surface area (Å²) in [7, 11) is 0. The number of hydrogen-bond donors (Lipinski definition) is 1. The van der Waals surface area contributed by atoms with Crippen LogP contribution in [-0.4, -0.2) is 80.9 Å². The molecule has 2 bridgehead atoms. The third kappa shape index (κ3) is 5.20. The Morgan fingerprint density at radius 1 is 1.04 bits per heavy atom. The average molecular weight is 673 g/mol. The van der Waals surface area contributed by atoms with Crippen molar-refractivity contribution in [2.24, 2.45) is 11.8 Å². The van der Waals surface area contributed by atoms with Gasteiger partial charge in [0, 0.05) is 30.1 Å². The fourth-order valence-corrected chi connectivity index (χ4v) is 8.48. The van der Waals surface area contributed by atoms with E-state index in [4.69, 9.17) is 4.74 Å². The van der Waals surface area contributed by atoms with Crippen molar-refractivity contribution in [3.8, 4) is 0 Å². The summed E-state index contributed by atoms with van der Waals surface area (Å²) in [6.07, 6.45) is 3.12. The summed E-state index contributed by atoms with van der Waals surface area (Å²) >= 11 is 3.76. The second-order valence-electron chi connectivity index (χ2n) is 12.2. The van der Waals surface area contributed by atoms with Crippen LogP contribution in [0.5, 0.6) is 0 Å². The van der Waals surface area contributed by atoms with Gasteiger partial charge in [0.25, 0.3) is 5.91 Å². The second-order valence-corrected chi connectivity index (χ2v) is 13.4. The molecule has 45 heavy (non-hydrogen) atoms. The molecule has 8 nitrogen and oxygen atoms in total. The minimum atomic E-state index is -1.25. The maximum Gasteiger partial charge on any atom is 0.253 e. The number of aliphatic hydroxyl groups excluding tert-OH is 1. The predicted octanol–water partition coefficient (Wildman–Crippen LogP) is 4.70. The topological polar surface area (TPSA) is 90.4 Å². The van der Waals surface area contributed by atoms with Crippen molar-refractivity contribution in [3.63, 3.8) is 0 Å². The zero-order valence-corrected chi connectivity index (χ0v) is 26.9. The lowest BCUT2D eigenvalue weighted by Gasteiger charge is -2.38. The number of amides is 3. The van der Waals surface area contributed by atoms with Crippen molar-refractivity contribution in [1.82, 2.24) is 9.80 Å². The number of likely N-dealkylation sites (tertiary alicyclic amines) is 1.